The second-order valence-corrected chi connectivity index (χ2v) is 6.53. The summed E-state index contributed by atoms with van der Waals surface area (Å²) in [6.07, 6.45) is 1.16. The van der Waals surface area contributed by atoms with E-state index in [0.717, 1.165) is 35.3 Å². The molecule has 0 saturated carbocycles. The van der Waals surface area contributed by atoms with Crippen molar-refractivity contribution in [3.63, 3.8) is 0 Å². The Kier molecular flexibility index (Phi) is 5.35. The molecule has 1 aromatic carbocycles. The second-order valence-electron chi connectivity index (χ2n) is 6.53. The van der Waals surface area contributed by atoms with Gasteiger partial charge in [0.1, 0.15) is 0 Å². The predicted octanol–water partition coefficient (Wildman–Crippen LogP) is 2.60. The Hall–Kier alpha value is -2.70. The molecule has 3 rings (SSSR count). The average Bonchev–Trinajstić information content (AvgIpc) is 2.63. The monoisotopic (exact) mass is 356 g/mol. The van der Waals surface area contributed by atoms with Crippen LogP contribution in [0.2, 0.25) is 0 Å². The average molecular weight is 356 g/mol. The minimum Gasteiger partial charge on any atom is -0.450 e. The Morgan fingerprint density at radius 3 is 2.46 bits per heavy atom. The van der Waals surface area contributed by atoms with Crippen molar-refractivity contribution in [2.24, 2.45) is 0 Å². The van der Waals surface area contributed by atoms with Gasteiger partial charge in [-0.25, -0.2) is 14.8 Å². The number of nitrogens with one attached hydrogen (secondary N) is 1. The van der Waals surface area contributed by atoms with Crippen LogP contribution in [0.5, 0.6) is 0 Å². The minimum absolute atomic E-state index is 0.0507. The summed E-state index contributed by atoms with van der Waals surface area (Å²) in [4.78, 5) is 35.0. The van der Waals surface area contributed by atoms with Crippen LogP contribution in [0.25, 0.3) is 11.0 Å². The number of hydrogen-bond acceptors (Lipinski definition) is 5. The number of likely N-dealkylation sites (tertiary alicyclic amines) is 1. The molecule has 0 atom stereocenters. The topological polar surface area (TPSA) is 84.4 Å². The fourth-order valence-corrected chi connectivity index (χ4v) is 3.06. The van der Waals surface area contributed by atoms with Crippen molar-refractivity contribution in [2.45, 2.75) is 39.7 Å². The first-order chi connectivity index (χ1) is 12.5. The predicted molar refractivity (Wildman–Crippen MR) is 98.1 cm³/mol. The third-order valence-corrected chi connectivity index (χ3v) is 4.69. The lowest BCUT2D eigenvalue weighted by molar-refractivity contribution is 0.0860. The highest BCUT2D eigenvalue weighted by Crippen LogP contribution is 2.16. The van der Waals surface area contributed by atoms with Crippen LogP contribution in [-0.4, -0.2) is 52.6 Å². The van der Waals surface area contributed by atoms with E-state index in [1.165, 1.54) is 0 Å². The van der Waals surface area contributed by atoms with E-state index < -0.39 is 0 Å². The molecular weight excluding hydrogens is 332 g/mol. The second kappa shape index (κ2) is 7.68. The Morgan fingerprint density at radius 1 is 1.15 bits per heavy atom. The summed E-state index contributed by atoms with van der Waals surface area (Å²) >= 11 is 0. The molecule has 2 aromatic rings. The number of aryl methyl sites for hydroxylation is 2. The number of aromatic nitrogens is 2. The molecule has 7 heteroatoms. The maximum atomic E-state index is 12.6. The van der Waals surface area contributed by atoms with Crippen LogP contribution in [0.15, 0.2) is 18.2 Å². The summed E-state index contributed by atoms with van der Waals surface area (Å²) in [6.45, 7) is 7.18. The molecule has 1 aromatic heterocycles. The molecule has 0 radical (unpaired) electrons. The molecule has 0 spiro atoms. The molecule has 1 N–H and O–H groups in total. The molecule has 7 nitrogen and oxygen atoms in total. The van der Waals surface area contributed by atoms with Gasteiger partial charge in [0.2, 0.25) is 0 Å². The summed E-state index contributed by atoms with van der Waals surface area (Å²) in [5.74, 6) is -0.124. The third-order valence-electron chi connectivity index (χ3n) is 4.69. The van der Waals surface area contributed by atoms with Gasteiger partial charge in [-0.05, 0) is 51.8 Å². The number of nitrogens with zero attached hydrogens (tertiary/aromatic N) is 3. The maximum Gasteiger partial charge on any atom is 0.409 e. The van der Waals surface area contributed by atoms with Crippen molar-refractivity contribution in [2.75, 3.05) is 19.7 Å². The van der Waals surface area contributed by atoms with E-state index >= 15 is 0 Å². The van der Waals surface area contributed by atoms with Crippen molar-refractivity contribution in [3.05, 3.63) is 35.2 Å². The Morgan fingerprint density at radius 2 is 1.81 bits per heavy atom. The molecule has 138 valence electrons. The number of rotatable bonds is 3. The van der Waals surface area contributed by atoms with Crippen molar-refractivity contribution in [3.8, 4) is 0 Å². The lowest BCUT2D eigenvalue weighted by Crippen LogP contribution is -2.46. The van der Waals surface area contributed by atoms with Gasteiger partial charge in [-0.1, -0.05) is 0 Å². The molecule has 1 saturated heterocycles. The fourth-order valence-electron chi connectivity index (χ4n) is 3.06. The zero-order valence-corrected chi connectivity index (χ0v) is 15.4. The summed E-state index contributed by atoms with van der Waals surface area (Å²) in [7, 11) is 0. The molecule has 2 heterocycles. The van der Waals surface area contributed by atoms with Gasteiger partial charge in [-0.15, -0.1) is 0 Å². The third kappa shape index (κ3) is 3.92. The first kappa shape index (κ1) is 18.1. The molecule has 1 aliphatic heterocycles. The zero-order chi connectivity index (χ0) is 18.7. The van der Waals surface area contributed by atoms with Crippen LogP contribution in [0.4, 0.5) is 4.79 Å². The van der Waals surface area contributed by atoms with Crippen LogP contribution >= 0.6 is 0 Å². The van der Waals surface area contributed by atoms with Crippen LogP contribution < -0.4 is 5.32 Å². The van der Waals surface area contributed by atoms with Crippen LogP contribution in [0, 0.1) is 13.8 Å². The molecule has 1 fully saturated rings. The molecule has 0 unspecified atom stereocenters. The lowest BCUT2D eigenvalue weighted by atomic mass is 10.0. The smallest absolute Gasteiger partial charge is 0.409 e. The number of fused-ring (bicyclic) bond motifs is 1. The van der Waals surface area contributed by atoms with Gasteiger partial charge >= 0.3 is 6.09 Å². The van der Waals surface area contributed by atoms with Crippen LogP contribution in [0.3, 0.4) is 0 Å². The summed E-state index contributed by atoms with van der Waals surface area (Å²) in [5.41, 5.74) is 3.83. The quantitative estimate of drug-likeness (QED) is 0.914. The van der Waals surface area contributed by atoms with E-state index in [1.54, 1.807) is 24.0 Å². The zero-order valence-electron chi connectivity index (χ0n) is 15.4. The van der Waals surface area contributed by atoms with Gasteiger partial charge in [0, 0.05) is 24.7 Å². The Labute approximate surface area is 152 Å². The first-order valence-electron chi connectivity index (χ1n) is 8.95. The summed E-state index contributed by atoms with van der Waals surface area (Å²) in [6, 6.07) is 5.43. The van der Waals surface area contributed by atoms with Gasteiger partial charge in [0.05, 0.1) is 29.0 Å². The highest BCUT2D eigenvalue weighted by molar-refractivity contribution is 5.97. The van der Waals surface area contributed by atoms with E-state index in [2.05, 4.69) is 15.3 Å². The summed E-state index contributed by atoms with van der Waals surface area (Å²) in [5, 5.41) is 3.05. The highest BCUT2D eigenvalue weighted by atomic mass is 16.6. The maximum absolute atomic E-state index is 12.6. The standard InChI is InChI=1S/C19H24N4O3/c1-4-26-19(25)23-9-7-15(8-10-23)22-18(24)14-5-6-16-17(11-14)21-13(3)12(2)20-16/h5-6,11,15H,4,7-10H2,1-3H3,(H,22,24). The molecule has 26 heavy (non-hydrogen) atoms. The van der Waals surface area contributed by atoms with E-state index in [1.807, 2.05) is 19.9 Å². The minimum atomic E-state index is -0.281. The molecule has 1 aliphatic rings. The van der Waals surface area contributed by atoms with E-state index in [0.29, 0.717) is 25.3 Å². The number of hydrogen-bond donors (Lipinski definition) is 1. The van der Waals surface area contributed by atoms with Crippen LogP contribution in [0.1, 0.15) is 41.5 Å². The number of benzene rings is 1. The van der Waals surface area contributed by atoms with Gasteiger partial charge in [0.15, 0.2) is 0 Å². The van der Waals surface area contributed by atoms with Crippen molar-refractivity contribution in [1.29, 1.82) is 0 Å². The van der Waals surface area contributed by atoms with Gasteiger partial charge in [-0.2, -0.15) is 0 Å². The Balaban J connectivity index is 1.63. The molecule has 0 bridgehead atoms. The van der Waals surface area contributed by atoms with Crippen LogP contribution in [-0.2, 0) is 4.74 Å². The fraction of sp³-hybridized carbons (Fsp3) is 0.474. The van der Waals surface area contributed by atoms with E-state index in [4.69, 9.17) is 4.74 Å². The number of ether oxygens (including phenoxy) is 1. The number of amides is 2. The highest BCUT2D eigenvalue weighted by Gasteiger charge is 2.24. The van der Waals surface area contributed by atoms with Gasteiger partial charge < -0.3 is 15.0 Å². The molecule has 2 amide bonds. The lowest BCUT2D eigenvalue weighted by Gasteiger charge is -2.31. The Bertz CT molecular complexity index is 829. The number of carbonyl (C=O) groups is 2. The SMILES string of the molecule is CCOC(=O)N1CCC(NC(=O)c2ccc3nc(C)c(C)nc3c2)CC1. The molecular formula is C19H24N4O3. The number of piperidine rings is 1. The number of carbonyl (C=O) groups excluding carboxylic acids is 2. The summed E-state index contributed by atoms with van der Waals surface area (Å²) < 4.78 is 5.01. The van der Waals surface area contributed by atoms with Crippen molar-refractivity contribution < 1.29 is 14.3 Å². The van der Waals surface area contributed by atoms with Crippen molar-refractivity contribution in [1.82, 2.24) is 20.2 Å². The van der Waals surface area contributed by atoms with Crippen molar-refractivity contribution >= 4 is 23.0 Å². The van der Waals surface area contributed by atoms with E-state index in [9.17, 15) is 9.59 Å². The van der Waals surface area contributed by atoms with Gasteiger partial charge in [0.25, 0.3) is 5.91 Å². The molecule has 0 aliphatic carbocycles. The van der Waals surface area contributed by atoms with E-state index in [-0.39, 0.29) is 18.0 Å². The normalized spacial score (nSPS) is 15.1. The first-order valence-corrected chi connectivity index (χ1v) is 8.95. The largest absolute Gasteiger partial charge is 0.450 e. The van der Waals surface area contributed by atoms with Gasteiger partial charge in [-0.3, -0.25) is 4.79 Å².